The molecule has 0 aliphatic rings. The molecule has 1 amide bonds. The minimum atomic E-state index is -0.148. The van der Waals surface area contributed by atoms with E-state index in [0.29, 0.717) is 11.4 Å². The maximum absolute atomic E-state index is 10.6. The third-order valence-electron chi connectivity index (χ3n) is 1.28. The number of rotatable bonds is 2. The molecule has 0 saturated carbocycles. The Morgan fingerprint density at radius 1 is 1.58 bits per heavy atom. The summed E-state index contributed by atoms with van der Waals surface area (Å²) >= 11 is 0. The highest BCUT2D eigenvalue weighted by molar-refractivity contribution is 5.89. The molecule has 0 fully saturated rings. The third kappa shape index (κ3) is 2.16. The van der Waals surface area contributed by atoms with E-state index < -0.39 is 0 Å². The van der Waals surface area contributed by atoms with Crippen molar-refractivity contribution in [1.82, 2.24) is 5.53 Å². The zero-order chi connectivity index (χ0) is 8.97. The molecule has 1 N–H and O–H groups in total. The van der Waals surface area contributed by atoms with Crippen molar-refractivity contribution in [1.29, 1.82) is 0 Å². The SMILES string of the molecule is CC(=O)Nc1cccc(N=[N])c1. The van der Waals surface area contributed by atoms with Gasteiger partial charge in [-0.3, -0.25) is 4.79 Å². The fraction of sp³-hybridized carbons (Fsp3) is 0.125. The highest BCUT2D eigenvalue weighted by Gasteiger charge is 1.95. The Morgan fingerprint density at radius 3 is 2.92 bits per heavy atom. The molecule has 0 saturated heterocycles. The normalized spacial score (nSPS) is 9.08. The summed E-state index contributed by atoms with van der Waals surface area (Å²) in [5.41, 5.74) is 9.45. The van der Waals surface area contributed by atoms with Gasteiger partial charge in [0.2, 0.25) is 5.91 Å². The van der Waals surface area contributed by atoms with Crippen LogP contribution in [-0.4, -0.2) is 5.91 Å². The summed E-state index contributed by atoms with van der Waals surface area (Å²) in [5, 5.41) is 5.56. The van der Waals surface area contributed by atoms with Gasteiger partial charge >= 0.3 is 0 Å². The number of hydrogen-bond donors (Lipinski definition) is 1. The average molecular weight is 162 g/mol. The minimum absolute atomic E-state index is 0.148. The predicted octanol–water partition coefficient (Wildman–Crippen LogP) is 1.53. The Hall–Kier alpha value is -1.71. The lowest BCUT2D eigenvalue weighted by atomic mass is 10.3. The van der Waals surface area contributed by atoms with Gasteiger partial charge in [0.25, 0.3) is 0 Å². The van der Waals surface area contributed by atoms with E-state index in [0.717, 1.165) is 0 Å². The van der Waals surface area contributed by atoms with Gasteiger partial charge < -0.3 is 5.32 Å². The molecule has 0 aliphatic carbocycles. The van der Waals surface area contributed by atoms with Gasteiger partial charge in [-0.1, -0.05) is 6.07 Å². The standard InChI is InChI=1S/C8H8N3O/c1-6(12)10-7-3-2-4-8(5-7)11-9/h2-5H,1H3,(H,10,12). The van der Waals surface area contributed by atoms with Crippen molar-refractivity contribution in [2.75, 3.05) is 5.32 Å². The molecular formula is C8H8N3O. The van der Waals surface area contributed by atoms with Crippen LogP contribution in [0.15, 0.2) is 29.4 Å². The van der Waals surface area contributed by atoms with E-state index in [1.807, 2.05) is 0 Å². The average Bonchev–Trinajstić information content (AvgIpc) is 2.03. The van der Waals surface area contributed by atoms with Gasteiger partial charge in [0.05, 0.1) is 5.69 Å². The highest BCUT2D eigenvalue weighted by Crippen LogP contribution is 2.16. The molecule has 4 nitrogen and oxygen atoms in total. The van der Waals surface area contributed by atoms with Gasteiger partial charge in [0.1, 0.15) is 0 Å². The Morgan fingerprint density at radius 2 is 2.33 bits per heavy atom. The zero-order valence-corrected chi connectivity index (χ0v) is 6.61. The lowest BCUT2D eigenvalue weighted by Crippen LogP contribution is -2.04. The first kappa shape index (κ1) is 8.39. The number of amides is 1. The van der Waals surface area contributed by atoms with Crippen LogP contribution in [-0.2, 0) is 4.79 Å². The number of carbonyl (C=O) groups excluding carboxylic acids is 1. The zero-order valence-electron chi connectivity index (χ0n) is 6.61. The lowest BCUT2D eigenvalue weighted by molar-refractivity contribution is -0.114. The summed E-state index contributed by atoms with van der Waals surface area (Å²) in [6.45, 7) is 1.42. The van der Waals surface area contributed by atoms with Crippen LogP contribution < -0.4 is 10.8 Å². The first-order chi connectivity index (χ1) is 5.72. The summed E-state index contributed by atoms with van der Waals surface area (Å²) in [4.78, 5) is 10.6. The summed E-state index contributed by atoms with van der Waals surface area (Å²) in [6, 6.07) is 6.61. The smallest absolute Gasteiger partial charge is 0.221 e. The maximum Gasteiger partial charge on any atom is 0.221 e. The fourth-order valence-electron chi connectivity index (χ4n) is 0.849. The Kier molecular flexibility index (Phi) is 2.53. The van der Waals surface area contributed by atoms with Gasteiger partial charge in [0.15, 0.2) is 0 Å². The summed E-state index contributed by atoms with van der Waals surface area (Å²) in [7, 11) is 0. The van der Waals surface area contributed by atoms with E-state index in [-0.39, 0.29) is 5.91 Å². The van der Waals surface area contributed by atoms with Gasteiger partial charge in [-0.15, -0.1) is 5.11 Å². The number of nitrogens with zero attached hydrogens (tertiary/aromatic N) is 2. The highest BCUT2D eigenvalue weighted by atomic mass is 16.1. The molecule has 61 valence electrons. The van der Waals surface area contributed by atoms with Crippen molar-refractivity contribution < 1.29 is 4.79 Å². The molecule has 1 radical (unpaired) electrons. The Labute approximate surface area is 70.1 Å². The monoisotopic (exact) mass is 162 g/mol. The van der Waals surface area contributed by atoms with Gasteiger partial charge in [-0.2, -0.15) is 0 Å². The minimum Gasteiger partial charge on any atom is -0.326 e. The van der Waals surface area contributed by atoms with Crippen LogP contribution in [0.5, 0.6) is 0 Å². The number of hydrogen-bond acceptors (Lipinski definition) is 2. The second kappa shape index (κ2) is 3.61. The van der Waals surface area contributed by atoms with Crippen LogP contribution in [0.25, 0.3) is 0 Å². The second-order valence-electron chi connectivity index (χ2n) is 2.33. The molecule has 1 aromatic carbocycles. The van der Waals surface area contributed by atoms with Gasteiger partial charge in [-0.25, -0.2) is 0 Å². The van der Waals surface area contributed by atoms with Crippen molar-refractivity contribution in [2.45, 2.75) is 6.92 Å². The molecule has 1 aromatic rings. The van der Waals surface area contributed by atoms with Crippen molar-refractivity contribution in [3.8, 4) is 0 Å². The second-order valence-corrected chi connectivity index (χ2v) is 2.33. The van der Waals surface area contributed by atoms with Crippen LogP contribution in [0.2, 0.25) is 0 Å². The molecule has 12 heavy (non-hydrogen) atoms. The van der Waals surface area contributed by atoms with Crippen molar-refractivity contribution in [2.24, 2.45) is 5.11 Å². The summed E-state index contributed by atoms with van der Waals surface area (Å²) in [5.74, 6) is -0.148. The number of anilines is 1. The quantitative estimate of drug-likeness (QED) is 0.658. The number of nitrogens with one attached hydrogen (secondary N) is 1. The van der Waals surface area contributed by atoms with Crippen LogP contribution in [0.4, 0.5) is 11.4 Å². The van der Waals surface area contributed by atoms with E-state index in [1.54, 1.807) is 24.3 Å². The largest absolute Gasteiger partial charge is 0.326 e. The van der Waals surface area contributed by atoms with E-state index in [2.05, 4.69) is 10.4 Å². The van der Waals surface area contributed by atoms with Crippen molar-refractivity contribution >= 4 is 17.3 Å². The molecule has 4 heteroatoms. The first-order valence-electron chi connectivity index (χ1n) is 3.45. The summed E-state index contributed by atoms with van der Waals surface area (Å²) < 4.78 is 0. The van der Waals surface area contributed by atoms with Gasteiger partial charge in [0, 0.05) is 12.6 Å². The van der Waals surface area contributed by atoms with E-state index >= 15 is 0 Å². The predicted molar refractivity (Wildman–Crippen MR) is 45.0 cm³/mol. The molecule has 0 aromatic heterocycles. The molecule has 0 atom stereocenters. The number of carbonyl (C=O) groups is 1. The molecular weight excluding hydrogens is 154 g/mol. The molecule has 0 aliphatic heterocycles. The molecule has 0 bridgehead atoms. The van der Waals surface area contributed by atoms with E-state index in [9.17, 15) is 4.79 Å². The molecule has 1 rings (SSSR count). The third-order valence-corrected chi connectivity index (χ3v) is 1.28. The van der Waals surface area contributed by atoms with Crippen LogP contribution in [0.3, 0.4) is 0 Å². The first-order valence-corrected chi connectivity index (χ1v) is 3.45. The maximum atomic E-state index is 10.6. The van der Waals surface area contributed by atoms with Crippen LogP contribution >= 0.6 is 0 Å². The summed E-state index contributed by atoms with van der Waals surface area (Å²) in [6.07, 6.45) is 0. The topological polar surface area (TPSA) is 63.8 Å². The fourth-order valence-corrected chi connectivity index (χ4v) is 0.849. The van der Waals surface area contributed by atoms with E-state index in [1.165, 1.54) is 6.92 Å². The Balaban J connectivity index is 2.86. The Bertz CT molecular complexity index is 309. The molecule has 0 unspecified atom stereocenters. The van der Waals surface area contributed by atoms with Crippen molar-refractivity contribution in [3.05, 3.63) is 24.3 Å². The van der Waals surface area contributed by atoms with Crippen molar-refractivity contribution in [3.63, 3.8) is 0 Å². The lowest BCUT2D eigenvalue weighted by Gasteiger charge is -2.00. The molecule has 0 heterocycles. The van der Waals surface area contributed by atoms with Crippen LogP contribution in [0.1, 0.15) is 6.92 Å². The molecule has 0 spiro atoms. The van der Waals surface area contributed by atoms with E-state index in [4.69, 9.17) is 5.53 Å². The number of benzene rings is 1. The van der Waals surface area contributed by atoms with Crippen LogP contribution in [0, 0.1) is 0 Å². The van der Waals surface area contributed by atoms with Gasteiger partial charge in [-0.05, 0) is 23.7 Å².